The molecule has 0 aromatic heterocycles. The number of likely N-dealkylation sites (N-methyl/N-ethyl adjacent to an activating group) is 1. The first-order chi connectivity index (χ1) is 14.6. The van der Waals surface area contributed by atoms with E-state index in [9.17, 15) is 4.79 Å². The van der Waals surface area contributed by atoms with E-state index in [1.54, 1.807) is 21.3 Å². The molecule has 0 bridgehead atoms. The zero-order valence-electron chi connectivity index (χ0n) is 20.3. The number of ether oxygens (including phenoxy) is 4. The molecule has 1 aromatic carbocycles. The number of hydrogen-bond donors (Lipinski definition) is 2. The monoisotopic (exact) mass is 438 g/mol. The Bertz CT molecular complexity index is 622. The van der Waals surface area contributed by atoms with Crippen LogP contribution in [-0.4, -0.2) is 70.3 Å². The van der Waals surface area contributed by atoms with Gasteiger partial charge in [-0.05, 0) is 53.3 Å². The summed E-state index contributed by atoms with van der Waals surface area (Å²) < 4.78 is 22.2. The molecule has 1 aromatic rings. The van der Waals surface area contributed by atoms with Crippen LogP contribution in [0.25, 0.3) is 0 Å². The number of Topliss-reactive ketones (excluding diaryl/α,β-unsaturated/α-hetero) is 1. The van der Waals surface area contributed by atoms with E-state index in [0.717, 1.165) is 12.0 Å². The predicted octanol–water partition coefficient (Wildman–Crippen LogP) is 2.92. The highest BCUT2D eigenvalue weighted by Crippen LogP contribution is 2.17. The minimum absolute atomic E-state index is 0.0680. The maximum atomic E-state index is 13.2. The molecular formula is C24H42N2O5. The summed E-state index contributed by atoms with van der Waals surface area (Å²) in [6.07, 6.45) is 0.721. The van der Waals surface area contributed by atoms with Crippen molar-refractivity contribution in [1.29, 1.82) is 0 Å². The van der Waals surface area contributed by atoms with Gasteiger partial charge in [-0.15, -0.1) is 0 Å². The van der Waals surface area contributed by atoms with Crippen LogP contribution >= 0.6 is 0 Å². The molecular weight excluding hydrogens is 396 g/mol. The maximum absolute atomic E-state index is 13.2. The van der Waals surface area contributed by atoms with E-state index in [4.69, 9.17) is 18.9 Å². The summed E-state index contributed by atoms with van der Waals surface area (Å²) in [7, 11) is 5.04. The fourth-order valence-corrected chi connectivity index (χ4v) is 3.22. The number of methoxy groups -OCH3 is 2. The van der Waals surface area contributed by atoms with Crippen LogP contribution in [0.2, 0.25) is 0 Å². The van der Waals surface area contributed by atoms with Crippen molar-refractivity contribution in [3.63, 3.8) is 0 Å². The highest BCUT2D eigenvalue weighted by atomic mass is 16.7. The van der Waals surface area contributed by atoms with Gasteiger partial charge < -0.3 is 29.6 Å². The van der Waals surface area contributed by atoms with Crippen LogP contribution in [0.5, 0.6) is 0 Å². The molecule has 7 nitrogen and oxygen atoms in total. The number of carbonyl (C=O) groups excluding carboxylic acids is 1. The van der Waals surface area contributed by atoms with Gasteiger partial charge in [-0.25, -0.2) is 0 Å². The van der Waals surface area contributed by atoms with E-state index in [-0.39, 0.29) is 11.4 Å². The maximum Gasteiger partial charge on any atom is 0.169 e. The third-order valence-electron chi connectivity index (χ3n) is 5.32. The van der Waals surface area contributed by atoms with Gasteiger partial charge in [0.05, 0.1) is 37.0 Å². The number of hydrogen-bond acceptors (Lipinski definition) is 7. The predicted molar refractivity (Wildman–Crippen MR) is 123 cm³/mol. The average molecular weight is 439 g/mol. The Morgan fingerprint density at radius 3 is 2.32 bits per heavy atom. The Morgan fingerprint density at radius 1 is 1.06 bits per heavy atom. The van der Waals surface area contributed by atoms with Crippen LogP contribution < -0.4 is 10.6 Å². The minimum atomic E-state index is -0.700. The molecule has 0 aliphatic heterocycles. The van der Waals surface area contributed by atoms with E-state index in [2.05, 4.69) is 10.6 Å². The molecule has 1 rings (SSSR count). The Labute approximate surface area is 188 Å². The summed E-state index contributed by atoms with van der Waals surface area (Å²) in [5.41, 5.74) is 0.0715. The summed E-state index contributed by atoms with van der Waals surface area (Å²) in [5.74, 6) is 0.0680. The summed E-state index contributed by atoms with van der Waals surface area (Å²) in [6.45, 7) is 10.1. The molecule has 0 saturated carbocycles. The largest absolute Gasteiger partial charge is 0.382 e. The normalized spacial score (nSPS) is 14.4. The van der Waals surface area contributed by atoms with E-state index >= 15 is 0 Å². The number of carbonyl (C=O) groups is 1. The van der Waals surface area contributed by atoms with E-state index in [0.29, 0.717) is 32.8 Å². The quantitative estimate of drug-likeness (QED) is 0.286. The lowest BCUT2D eigenvalue weighted by atomic mass is 9.91. The van der Waals surface area contributed by atoms with Crippen molar-refractivity contribution >= 4 is 5.78 Å². The first-order valence-corrected chi connectivity index (χ1v) is 10.9. The van der Waals surface area contributed by atoms with Crippen LogP contribution in [0.4, 0.5) is 0 Å². The smallest absolute Gasteiger partial charge is 0.169 e. The van der Waals surface area contributed by atoms with Gasteiger partial charge >= 0.3 is 0 Å². The highest BCUT2D eigenvalue weighted by Gasteiger charge is 2.34. The summed E-state index contributed by atoms with van der Waals surface area (Å²) >= 11 is 0. The zero-order chi connectivity index (χ0) is 23.3. The molecule has 2 atom stereocenters. The molecule has 0 heterocycles. The van der Waals surface area contributed by atoms with Gasteiger partial charge in [-0.3, -0.25) is 4.79 Å². The highest BCUT2D eigenvalue weighted by molar-refractivity contribution is 5.92. The second-order valence-corrected chi connectivity index (χ2v) is 8.81. The van der Waals surface area contributed by atoms with E-state index in [1.165, 1.54) is 0 Å². The molecule has 7 heteroatoms. The number of ketones is 1. The molecule has 0 radical (unpaired) electrons. The number of benzene rings is 1. The number of nitrogens with one attached hydrogen (secondary N) is 2. The van der Waals surface area contributed by atoms with Crippen molar-refractivity contribution in [2.24, 2.45) is 0 Å². The van der Waals surface area contributed by atoms with Crippen molar-refractivity contribution in [1.82, 2.24) is 10.6 Å². The SMILES string of the molecule is CNC(CC(OC)OCc1ccccc1)C(=O)C(C)(C)NCCC(C)(C)OCCOC. The van der Waals surface area contributed by atoms with Gasteiger partial charge in [0.15, 0.2) is 12.1 Å². The lowest BCUT2D eigenvalue weighted by Gasteiger charge is -2.32. The molecule has 0 amide bonds. The molecule has 0 aliphatic carbocycles. The standard InChI is InChI=1S/C24H42N2O5/c1-23(2,31-16-15-28-6)13-14-26-24(3,4)22(27)20(25-5)17-21(29-7)30-18-19-11-9-8-10-12-19/h8-12,20-21,25-26H,13-18H2,1-7H3. The summed E-state index contributed by atoms with van der Waals surface area (Å²) in [5, 5.41) is 6.51. The summed E-state index contributed by atoms with van der Waals surface area (Å²) in [4.78, 5) is 13.2. The van der Waals surface area contributed by atoms with Gasteiger partial charge in [0.1, 0.15) is 0 Å². The Morgan fingerprint density at radius 2 is 1.74 bits per heavy atom. The Hall–Kier alpha value is -1.35. The van der Waals surface area contributed by atoms with E-state index < -0.39 is 17.9 Å². The van der Waals surface area contributed by atoms with Crippen molar-refractivity contribution in [3.05, 3.63) is 35.9 Å². The second kappa shape index (κ2) is 13.9. The molecule has 0 saturated heterocycles. The Balaban J connectivity index is 2.56. The Kier molecular flexibility index (Phi) is 12.4. The molecule has 0 fully saturated rings. The van der Waals surface area contributed by atoms with Crippen LogP contribution in [-0.2, 0) is 30.3 Å². The second-order valence-electron chi connectivity index (χ2n) is 8.81. The third kappa shape index (κ3) is 10.7. The van der Waals surface area contributed by atoms with Gasteiger partial charge in [0.25, 0.3) is 0 Å². The van der Waals surface area contributed by atoms with Gasteiger partial charge in [0, 0.05) is 20.6 Å². The average Bonchev–Trinajstić information content (AvgIpc) is 2.74. The van der Waals surface area contributed by atoms with E-state index in [1.807, 2.05) is 58.0 Å². The zero-order valence-corrected chi connectivity index (χ0v) is 20.3. The van der Waals surface area contributed by atoms with Crippen LogP contribution in [0.3, 0.4) is 0 Å². The first-order valence-electron chi connectivity index (χ1n) is 10.9. The van der Waals surface area contributed by atoms with Gasteiger partial charge in [-0.1, -0.05) is 30.3 Å². The van der Waals surface area contributed by atoms with Crippen molar-refractivity contribution in [2.45, 2.75) is 70.6 Å². The fraction of sp³-hybridized carbons (Fsp3) is 0.708. The third-order valence-corrected chi connectivity index (χ3v) is 5.32. The number of rotatable bonds is 17. The fourth-order valence-electron chi connectivity index (χ4n) is 3.22. The molecule has 31 heavy (non-hydrogen) atoms. The lowest BCUT2D eigenvalue weighted by molar-refractivity contribution is -0.147. The topological polar surface area (TPSA) is 78.1 Å². The van der Waals surface area contributed by atoms with Crippen LogP contribution in [0.15, 0.2) is 30.3 Å². The summed E-state index contributed by atoms with van der Waals surface area (Å²) in [6, 6.07) is 9.52. The van der Waals surface area contributed by atoms with Crippen molar-refractivity contribution < 1.29 is 23.7 Å². The van der Waals surface area contributed by atoms with Gasteiger partial charge in [0.2, 0.25) is 0 Å². The first kappa shape index (κ1) is 27.7. The molecule has 2 N–H and O–H groups in total. The van der Waals surface area contributed by atoms with Gasteiger partial charge in [-0.2, -0.15) is 0 Å². The molecule has 178 valence electrons. The van der Waals surface area contributed by atoms with Crippen molar-refractivity contribution in [3.8, 4) is 0 Å². The van der Waals surface area contributed by atoms with Crippen molar-refractivity contribution in [2.75, 3.05) is 41.0 Å². The molecule has 0 spiro atoms. The molecule has 0 aliphatic rings. The van der Waals surface area contributed by atoms with Crippen LogP contribution in [0, 0.1) is 0 Å². The lowest BCUT2D eigenvalue weighted by Crippen LogP contribution is -2.56. The molecule has 2 unspecified atom stereocenters. The van der Waals surface area contributed by atoms with Crippen LogP contribution in [0.1, 0.15) is 46.1 Å². The minimum Gasteiger partial charge on any atom is -0.382 e.